The molecule has 0 unspecified atom stereocenters. The van der Waals surface area contributed by atoms with Gasteiger partial charge in [0.05, 0.1) is 25.6 Å². The number of nitrogens with two attached hydrogens (primary N) is 1. The fourth-order valence-electron chi connectivity index (χ4n) is 3.52. The molecule has 0 fully saturated rings. The highest BCUT2D eigenvalue weighted by molar-refractivity contribution is 7.89. The molecule has 1 aromatic carbocycles. The molecular weight excluding hydrogens is 444 g/mol. The highest BCUT2D eigenvalue weighted by atomic mass is 32.2. The molecule has 0 radical (unpaired) electrons. The van der Waals surface area contributed by atoms with Crippen LogP contribution in [0.4, 0.5) is 0 Å². The van der Waals surface area contributed by atoms with Gasteiger partial charge in [0.15, 0.2) is 11.5 Å². The maximum atomic E-state index is 12.0. The average molecular weight is 489 g/mol. The molecule has 8 nitrogen and oxygen atoms in total. The van der Waals surface area contributed by atoms with Gasteiger partial charge in [-0.3, -0.25) is 0 Å². The predicted molar refractivity (Wildman–Crippen MR) is 132 cm³/mol. The molecular formula is C24H44N2O6S. The Morgan fingerprint density at radius 3 is 2.45 bits per heavy atom. The van der Waals surface area contributed by atoms with Crippen molar-refractivity contribution in [1.29, 1.82) is 0 Å². The lowest BCUT2D eigenvalue weighted by Gasteiger charge is -2.27. The molecule has 0 bridgehead atoms. The van der Waals surface area contributed by atoms with Gasteiger partial charge in [0.25, 0.3) is 0 Å². The van der Waals surface area contributed by atoms with Crippen LogP contribution in [0, 0.1) is 11.8 Å². The zero-order chi connectivity index (χ0) is 24.9. The van der Waals surface area contributed by atoms with Gasteiger partial charge in [0.2, 0.25) is 10.0 Å². The average Bonchev–Trinajstić information content (AvgIpc) is 2.78. The summed E-state index contributed by atoms with van der Waals surface area (Å²) in [6.45, 7) is 7.29. The second kappa shape index (κ2) is 15.5. The van der Waals surface area contributed by atoms with Gasteiger partial charge in [-0.15, -0.1) is 0 Å². The number of methoxy groups -OCH3 is 2. The van der Waals surface area contributed by atoms with Crippen LogP contribution in [-0.2, 0) is 21.2 Å². The van der Waals surface area contributed by atoms with Crippen molar-refractivity contribution in [3.63, 3.8) is 0 Å². The summed E-state index contributed by atoms with van der Waals surface area (Å²) in [5.74, 6) is 1.98. The molecule has 0 amide bonds. The van der Waals surface area contributed by atoms with Crippen molar-refractivity contribution in [2.75, 3.05) is 39.7 Å². The minimum absolute atomic E-state index is 0.0629. The highest BCUT2D eigenvalue weighted by Gasteiger charge is 2.24. The molecule has 0 saturated heterocycles. The first-order valence-corrected chi connectivity index (χ1v) is 13.5. The summed E-state index contributed by atoms with van der Waals surface area (Å²) in [6, 6.07) is 5.37. The Kier molecular flexibility index (Phi) is 13.9. The van der Waals surface area contributed by atoms with E-state index in [1.807, 2.05) is 25.1 Å². The minimum Gasteiger partial charge on any atom is -0.493 e. The lowest BCUT2D eigenvalue weighted by molar-refractivity contribution is 0.129. The smallest absolute Gasteiger partial charge is 0.211 e. The van der Waals surface area contributed by atoms with Crippen molar-refractivity contribution >= 4 is 10.0 Å². The zero-order valence-electron chi connectivity index (χ0n) is 20.9. The maximum Gasteiger partial charge on any atom is 0.211 e. The first-order chi connectivity index (χ1) is 15.6. The van der Waals surface area contributed by atoms with E-state index < -0.39 is 22.2 Å². The molecule has 0 aliphatic rings. The number of aliphatic hydroxyl groups is 1. The number of hydrogen-bond acceptors (Lipinski definition) is 7. The van der Waals surface area contributed by atoms with Crippen LogP contribution in [-0.4, -0.2) is 65.4 Å². The number of sulfonamides is 1. The molecule has 1 aromatic rings. The van der Waals surface area contributed by atoms with Gasteiger partial charge >= 0.3 is 0 Å². The number of unbranched alkanes of at least 4 members (excludes halogenated alkanes) is 1. The van der Waals surface area contributed by atoms with Gasteiger partial charge in [-0.25, -0.2) is 13.1 Å². The van der Waals surface area contributed by atoms with Crippen molar-refractivity contribution < 1.29 is 27.7 Å². The molecule has 1 rings (SSSR count). The van der Waals surface area contributed by atoms with Crippen molar-refractivity contribution in [1.82, 2.24) is 4.72 Å². The Morgan fingerprint density at radius 2 is 1.85 bits per heavy atom. The van der Waals surface area contributed by atoms with E-state index in [9.17, 15) is 13.5 Å². The summed E-state index contributed by atoms with van der Waals surface area (Å²) in [5, 5.41) is 10.5. The van der Waals surface area contributed by atoms with Crippen LogP contribution in [0.5, 0.6) is 11.5 Å². The summed E-state index contributed by atoms with van der Waals surface area (Å²) in [6.07, 6.45) is 2.56. The van der Waals surface area contributed by atoms with Crippen LogP contribution >= 0.6 is 0 Å². The summed E-state index contributed by atoms with van der Waals surface area (Å²) in [7, 11) is -0.109. The Morgan fingerprint density at radius 1 is 1.12 bits per heavy atom. The van der Waals surface area contributed by atoms with E-state index in [2.05, 4.69) is 18.6 Å². The topological polar surface area (TPSA) is 120 Å². The van der Waals surface area contributed by atoms with Crippen LogP contribution in [0.1, 0.15) is 52.0 Å². The maximum absolute atomic E-state index is 12.0. The fourth-order valence-corrected chi connectivity index (χ4v) is 4.75. The van der Waals surface area contributed by atoms with Gasteiger partial charge in [-0.05, 0) is 48.8 Å². The van der Waals surface area contributed by atoms with Crippen LogP contribution in [0.2, 0.25) is 0 Å². The molecule has 0 aliphatic heterocycles. The normalized spacial score (nSPS) is 14.8. The standard InChI is InChI=1S/C24H44N2O6S/c1-6-7-13-33(28,29)26-17-22(27)21(25)16-20(18(2)3)14-19-9-10-23(31-5)24(15-19)32-12-8-11-30-4/h9-10,15,18,20-22,26-27H,6-8,11-14,16-17,25H2,1-5H3/t20-,21-,22-/m0/s1. The number of aliphatic hydroxyl groups excluding tert-OH is 1. The van der Waals surface area contributed by atoms with Crippen LogP contribution in [0.3, 0.4) is 0 Å². The van der Waals surface area contributed by atoms with E-state index in [0.29, 0.717) is 43.5 Å². The molecule has 33 heavy (non-hydrogen) atoms. The number of hydrogen-bond donors (Lipinski definition) is 3. The highest BCUT2D eigenvalue weighted by Crippen LogP contribution is 2.31. The van der Waals surface area contributed by atoms with Crippen LogP contribution in [0.25, 0.3) is 0 Å². The first kappa shape index (κ1) is 29.6. The second-order valence-corrected chi connectivity index (χ2v) is 10.8. The number of rotatable bonds is 18. The molecule has 4 N–H and O–H groups in total. The van der Waals surface area contributed by atoms with Gasteiger partial charge in [0, 0.05) is 32.7 Å². The van der Waals surface area contributed by atoms with Gasteiger partial charge < -0.3 is 25.1 Å². The zero-order valence-corrected chi connectivity index (χ0v) is 21.7. The van der Waals surface area contributed by atoms with E-state index in [0.717, 1.165) is 24.8 Å². The molecule has 0 aliphatic carbocycles. The van der Waals surface area contributed by atoms with Crippen molar-refractivity contribution in [2.45, 2.75) is 65.0 Å². The van der Waals surface area contributed by atoms with E-state index in [1.54, 1.807) is 14.2 Å². The van der Waals surface area contributed by atoms with E-state index >= 15 is 0 Å². The Labute approximate surface area is 200 Å². The Bertz CT molecular complexity index is 772. The van der Waals surface area contributed by atoms with Crippen molar-refractivity contribution in [2.24, 2.45) is 17.6 Å². The largest absolute Gasteiger partial charge is 0.493 e. The third kappa shape index (κ3) is 11.5. The number of nitrogens with one attached hydrogen (secondary N) is 1. The molecule has 0 spiro atoms. The third-order valence-corrected chi connectivity index (χ3v) is 7.20. The summed E-state index contributed by atoms with van der Waals surface area (Å²) >= 11 is 0. The van der Waals surface area contributed by atoms with Gasteiger partial charge in [0.1, 0.15) is 0 Å². The molecule has 0 saturated carbocycles. The monoisotopic (exact) mass is 488 g/mol. The molecule has 3 atom stereocenters. The lowest BCUT2D eigenvalue weighted by atomic mass is 9.83. The lowest BCUT2D eigenvalue weighted by Crippen LogP contribution is -2.45. The third-order valence-electron chi connectivity index (χ3n) is 5.77. The van der Waals surface area contributed by atoms with E-state index in [1.165, 1.54) is 0 Å². The molecule has 9 heteroatoms. The number of benzene rings is 1. The van der Waals surface area contributed by atoms with Crippen LogP contribution < -0.4 is 19.9 Å². The minimum atomic E-state index is -3.39. The molecule has 0 aromatic heterocycles. The van der Waals surface area contributed by atoms with Gasteiger partial charge in [-0.1, -0.05) is 33.3 Å². The fraction of sp³-hybridized carbons (Fsp3) is 0.750. The van der Waals surface area contributed by atoms with Gasteiger partial charge in [-0.2, -0.15) is 0 Å². The predicted octanol–water partition coefficient (Wildman–Crippen LogP) is 2.72. The first-order valence-electron chi connectivity index (χ1n) is 11.8. The molecule has 0 heterocycles. The summed E-state index contributed by atoms with van der Waals surface area (Å²) in [5.41, 5.74) is 7.36. The summed E-state index contributed by atoms with van der Waals surface area (Å²) in [4.78, 5) is 0. The molecule has 192 valence electrons. The second-order valence-electron chi connectivity index (χ2n) is 8.88. The summed E-state index contributed by atoms with van der Waals surface area (Å²) < 4.78 is 42.8. The SMILES string of the molecule is CCCCS(=O)(=O)NC[C@H](O)[C@@H](N)C[C@H](Cc1ccc(OC)c(OCCCOC)c1)C(C)C. The number of ether oxygens (including phenoxy) is 3. The van der Waals surface area contributed by atoms with Crippen LogP contribution in [0.15, 0.2) is 18.2 Å². The quantitative estimate of drug-likeness (QED) is 0.272. The van der Waals surface area contributed by atoms with E-state index in [4.69, 9.17) is 19.9 Å². The van der Waals surface area contributed by atoms with Crippen molar-refractivity contribution in [3.05, 3.63) is 23.8 Å². The Hall–Kier alpha value is -1.39. The Balaban J connectivity index is 2.75. The van der Waals surface area contributed by atoms with E-state index in [-0.39, 0.29) is 18.2 Å². The van der Waals surface area contributed by atoms with Crippen molar-refractivity contribution in [3.8, 4) is 11.5 Å².